The van der Waals surface area contributed by atoms with Gasteiger partial charge in [-0.15, -0.1) is 0 Å². The van der Waals surface area contributed by atoms with Crippen LogP contribution >= 0.6 is 0 Å². The minimum atomic E-state index is -4.31. The molecule has 0 heterocycles. The molecule has 0 saturated heterocycles. The Bertz CT molecular complexity index is 333. The fourth-order valence-corrected chi connectivity index (χ4v) is 1.58. The van der Waals surface area contributed by atoms with Gasteiger partial charge < -0.3 is 5.11 Å². The van der Waals surface area contributed by atoms with Gasteiger partial charge in [-0.25, -0.2) is 0 Å². The Morgan fingerprint density at radius 1 is 1.31 bits per heavy atom. The van der Waals surface area contributed by atoms with E-state index in [4.69, 9.17) is 0 Å². The Morgan fingerprint density at radius 3 is 2.56 bits per heavy atom. The predicted octanol–water partition coefficient (Wildman–Crippen LogP) is 3.41. The summed E-state index contributed by atoms with van der Waals surface area (Å²) in [6.45, 7) is 1.93. The monoisotopic (exact) mass is 232 g/mol. The van der Waals surface area contributed by atoms with Crippen molar-refractivity contribution in [1.29, 1.82) is 0 Å². The summed E-state index contributed by atoms with van der Waals surface area (Å²) in [5.74, 6) is 0. The molecule has 0 aromatic heterocycles. The fourth-order valence-electron chi connectivity index (χ4n) is 1.58. The molecular weight excluding hydrogens is 217 g/mol. The first kappa shape index (κ1) is 13.0. The van der Waals surface area contributed by atoms with Gasteiger partial charge in [0, 0.05) is 0 Å². The zero-order valence-electron chi connectivity index (χ0n) is 9.09. The summed E-state index contributed by atoms with van der Waals surface area (Å²) in [6, 6.07) is 5.11. The van der Waals surface area contributed by atoms with Crippen LogP contribution in [0, 0.1) is 0 Å². The van der Waals surface area contributed by atoms with Crippen LogP contribution in [0.25, 0.3) is 0 Å². The van der Waals surface area contributed by atoms with Crippen LogP contribution in [0.3, 0.4) is 0 Å². The summed E-state index contributed by atoms with van der Waals surface area (Å²) in [5.41, 5.74) is -0.135. The van der Waals surface area contributed by atoms with Crippen molar-refractivity contribution < 1.29 is 18.3 Å². The van der Waals surface area contributed by atoms with Crippen molar-refractivity contribution in [1.82, 2.24) is 0 Å². The van der Waals surface area contributed by atoms with E-state index in [2.05, 4.69) is 0 Å². The lowest BCUT2D eigenvalue weighted by atomic mass is 10.0. The zero-order valence-corrected chi connectivity index (χ0v) is 9.09. The van der Waals surface area contributed by atoms with Gasteiger partial charge in [0.15, 0.2) is 0 Å². The second kappa shape index (κ2) is 5.34. The second-order valence-electron chi connectivity index (χ2n) is 3.84. The number of benzene rings is 1. The quantitative estimate of drug-likeness (QED) is 0.843. The van der Waals surface area contributed by atoms with Gasteiger partial charge in [-0.1, -0.05) is 31.5 Å². The summed E-state index contributed by atoms with van der Waals surface area (Å²) < 4.78 is 37.2. The van der Waals surface area contributed by atoms with Crippen molar-refractivity contribution >= 4 is 0 Å². The van der Waals surface area contributed by atoms with Gasteiger partial charge in [-0.05, 0) is 24.5 Å². The van der Waals surface area contributed by atoms with Crippen molar-refractivity contribution in [3.8, 4) is 0 Å². The molecule has 0 amide bonds. The standard InChI is InChI=1S/C12H15F3O/c1-2-4-11(16)8-9-5-3-6-10(7-9)12(13,14)15/h3,5-7,11,16H,2,4,8H2,1H3/t11-/m1/s1. The number of aliphatic hydroxyl groups is 1. The van der Waals surface area contributed by atoms with Crippen molar-refractivity contribution in [3.63, 3.8) is 0 Å². The highest BCUT2D eigenvalue weighted by atomic mass is 19.4. The highest BCUT2D eigenvalue weighted by Crippen LogP contribution is 2.29. The molecule has 1 N–H and O–H groups in total. The van der Waals surface area contributed by atoms with E-state index in [0.29, 0.717) is 12.0 Å². The van der Waals surface area contributed by atoms with Crippen molar-refractivity contribution in [2.75, 3.05) is 0 Å². The molecule has 16 heavy (non-hydrogen) atoms. The topological polar surface area (TPSA) is 20.2 Å². The number of halogens is 3. The molecular formula is C12H15F3O. The lowest BCUT2D eigenvalue weighted by molar-refractivity contribution is -0.137. The van der Waals surface area contributed by atoms with Crippen LogP contribution in [-0.2, 0) is 12.6 Å². The number of hydrogen-bond donors (Lipinski definition) is 1. The Hall–Kier alpha value is -1.03. The van der Waals surface area contributed by atoms with Crippen LogP contribution in [-0.4, -0.2) is 11.2 Å². The largest absolute Gasteiger partial charge is 0.416 e. The smallest absolute Gasteiger partial charge is 0.393 e. The highest BCUT2D eigenvalue weighted by molar-refractivity contribution is 5.26. The first-order valence-corrected chi connectivity index (χ1v) is 5.27. The minimum absolute atomic E-state index is 0.276. The van der Waals surface area contributed by atoms with Crippen LogP contribution in [0.15, 0.2) is 24.3 Å². The maximum Gasteiger partial charge on any atom is 0.416 e. The highest BCUT2D eigenvalue weighted by Gasteiger charge is 2.30. The molecule has 0 radical (unpaired) electrons. The fraction of sp³-hybridized carbons (Fsp3) is 0.500. The molecule has 0 aliphatic carbocycles. The van der Waals surface area contributed by atoms with Crippen LogP contribution in [0.1, 0.15) is 30.9 Å². The number of rotatable bonds is 4. The van der Waals surface area contributed by atoms with E-state index >= 15 is 0 Å². The Balaban J connectivity index is 2.75. The lowest BCUT2D eigenvalue weighted by Gasteiger charge is -2.11. The Kier molecular flexibility index (Phi) is 4.35. The summed E-state index contributed by atoms with van der Waals surface area (Å²) in [4.78, 5) is 0. The van der Waals surface area contributed by atoms with E-state index in [-0.39, 0.29) is 6.42 Å². The summed E-state index contributed by atoms with van der Waals surface area (Å²) in [5, 5.41) is 9.52. The first-order chi connectivity index (χ1) is 7.43. The maximum absolute atomic E-state index is 12.4. The molecule has 0 bridgehead atoms. The molecule has 4 heteroatoms. The van der Waals surface area contributed by atoms with Crippen molar-refractivity contribution in [3.05, 3.63) is 35.4 Å². The predicted molar refractivity (Wildman–Crippen MR) is 56.1 cm³/mol. The molecule has 0 saturated carbocycles. The van der Waals surface area contributed by atoms with Gasteiger partial charge in [0.05, 0.1) is 11.7 Å². The minimum Gasteiger partial charge on any atom is -0.393 e. The molecule has 0 spiro atoms. The molecule has 0 fully saturated rings. The summed E-state index contributed by atoms with van der Waals surface area (Å²) in [6.07, 6.45) is -3.17. The average Bonchev–Trinajstić information content (AvgIpc) is 2.17. The molecule has 1 aromatic carbocycles. The summed E-state index contributed by atoms with van der Waals surface area (Å²) in [7, 11) is 0. The van der Waals surface area contributed by atoms with Gasteiger partial charge in [-0.2, -0.15) is 13.2 Å². The van der Waals surface area contributed by atoms with E-state index < -0.39 is 17.8 Å². The van der Waals surface area contributed by atoms with Crippen LogP contribution < -0.4 is 0 Å². The average molecular weight is 232 g/mol. The van der Waals surface area contributed by atoms with E-state index in [1.54, 1.807) is 6.07 Å². The number of alkyl halides is 3. The Labute approximate surface area is 92.9 Å². The molecule has 0 aliphatic rings. The lowest BCUT2D eigenvalue weighted by Crippen LogP contribution is -2.11. The number of aliphatic hydroxyl groups excluding tert-OH is 1. The third-order valence-corrected chi connectivity index (χ3v) is 2.35. The number of hydrogen-bond acceptors (Lipinski definition) is 1. The normalized spacial score (nSPS) is 13.8. The van der Waals surface area contributed by atoms with Crippen LogP contribution in [0.5, 0.6) is 0 Å². The third-order valence-electron chi connectivity index (χ3n) is 2.35. The molecule has 90 valence electrons. The van der Waals surface area contributed by atoms with Crippen molar-refractivity contribution in [2.24, 2.45) is 0 Å². The molecule has 1 aromatic rings. The van der Waals surface area contributed by atoms with Gasteiger partial charge in [0.2, 0.25) is 0 Å². The van der Waals surface area contributed by atoms with Crippen LogP contribution in [0.4, 0.5) is 13.2 Å². The van der Waals surface area contributed by atoms with E-state index in [0.717, 1.165) is 18.6 Å². The third kappa shape index (κ3) is 3.85. The Morgan fingerprint density at radius 2 is 2.00 bits per heavy atom. The van der Waals surface area contributed by atoms with Gasteiger partial charge in [0.25, 0.3) is 0 Å². The molecule has 1 rings (SSSR count). The van der Waals surface area contributed by atoms with Gasteiger partial charge in [0.1, 0.15) is 0 Å². The van der Waals surface area contributed by atoms with E-state index in [1.165, 1.54) is 6.07 Å². The first-order valence-electron chi connectivity index (χ1n) is 5.27. The van der Waals surface area contributed by atoms with Gasteiger partial charge in [-0.3, -0.25) is 0 Å². The van der Waals surface area contributed by atoms with E-state index in [9.17, 15) is 18.3 Å². The SMILES string of the molecule is CCC[C@@H](O)Cc1cccc(C(F)(F)F)c1. The van der Waals surface area contributed by atoms with E-state index in [1.807, 2.05) is 6.92 Å². The molecule has 1 atom stereocenters. The summed E-state index contributed by atoms with van der Waals surface area (Å²) >= 11 is 0. The molecule has 0 unspecified atom stereocenters. The molecule has 1 nitrogen and oxygen atoms in total. The zero-order chi connectivity index (χ0) is 12.2. The maximum atomic E-state index is 12.4. The van der Waals surface area contributed by atoms with Crippen LogP contribution in [0.2, 0.25) is 0 Å². The van der Waals surface area contributed by atoms with Crippen molar-refractivity contribution in [2.45, 2.75) is 38.5 Å². The second-order valence-corrected chi connectivity index (χ2v) is 3.84. The van der Waals surface area contributed by atoms with Gasteiger partial charge >= 0.3 is 6.18 Å². The molecule has 0 aliphatic heterocycles.